The Hall–Kier alpha value is -7.20. The fourth-order valence-corrected chi connectivity index (χ4v) is 6.91. The van der Waals surface area contributed by atoms with Crippen molar-refractivity contribution >= 4 is 64.7 Å². The number of hydrazine groups is 1. The predicted octanol–water partition coefficient (Wildman–Crippen LogP) is -0.806. The number of nitro groups is 2. The molecular formula is C41H61N15O12. The van der Waals surface area contributed by atoms with E-state index in [1.165, 1.54) is 11.8 Å². The van der Waals surface area contributed by atoms with Crippen molar-refractivity contribution in [3.63, 3.8) is 0 Å². The maximum Gasteiger partial charge on any atom is 0.345 e. The fraction of sp³-hybridized carbons (Fsp3) is 0.512. The molecule has 1 aliphatic heterocycles. The van der Waals surface area contributed by atoms with Crippen molar-refractivity contribution in [3.05, 3.63) is 74.3 Å². The largest absolute Gasteiger partial charge is 0.370 e. The summed E-state index contributed by atoms with van der Waals surface area (Å²) in [5, 5.41) is 45.7. The number of hydrogen-bond donors (Lipinski definition) is 12. The highest BCUT2D eigenvalue weighted by molar-refractivity contribution is 6.41. The van der Waals surface area contributed by atoms with E-state index in [2.05, 4.69) is 37.8 Å². The second-order valence-electron chi connectivity index (χ2n) is 15.7. The Morgan fingerprint density at radius 2 is 1.49 bits per heavy atom. The van der Waals surface area contributed by atoms with E-state index in [0.29, 0.717) is 44.1 Å². The van der Waals surface area contributed by atoms with Crippen molar-refractivity contribution in [3.8, 4) is 0 Å². The fourth-order valence-electron chi connectivity index (χ4n) is 6.91. The number of benzene rings is 2. The van der Waals surface area contributed by atoms with Crippen LogP contribution < -0.4 is 55.0 Å². The van der Waals surface area contributed by atoms with Gasteiger partial charge in [-0.25, -0.2) is 20.4 Å². The third-order valence-corrected chi connectivity index (χ3v) is 10.5. The molecule has 0 radical (unpaired) electrons. The number of hydrogen-bond acceptors (Lipinski definition) is 20. The number of anilines is 1. The Balaban J connectivity index is 1.75. The average Bonchev–Trinajstić information content (AvgIpc) is 3.81. The van der Waals surface area contributed by atoms with Crippen LogP contribution in [0.2, 0.25) is 0 Å². The summed E-state index contributed by atoms with van der Waals surface area (Å²) >= 11 is 0. The second kappa shape index (κ2) is 28.8. The SMILES string of the molecule is C[C@H](NN[C@@H](Cc1ccccc1)C(=O)N1CCC[C@H]1C(=O)C(=O)[C@H](CCCCN)Nc1ccc([N+](=O)[O-])cc1[N+](=O)[O-])C(=O)ON[C@@H](CCCNC(=N)N)C(=O)ON[C@H](C=O)CCCNC(=N)N. The molecule has 1 aliphatic rings. The van der Waals surface area contributed by atoms with Crippen molar-refractivity contribution in [1.82, 2.24) is 37.3 Å². The van der Waals surface area contributed by atoms with Crippen LogP contribution in [0.5, 0.6) is 0 Å². The van der Waals surface area contributed by atoms with Gasteiger partial charge >= 0.3 is 11.9 Å². The van der Waals surface area contributed by atoms with Crippen LogP contribution in [0.3, 0.4) is 0 Å². The molecule has 3 rings (SSSR count). The number of likely N-dealkylation sites (tertiary alicyclic amines) is 1. The number of hydroxylamine groups is 2. The normalized spacial score (nSPS) is 15.4. The number of amides is 1. The lowest BCUT2D eigenvalue weighted by Gasteiger charge is -2.30. The Morgan fingerprint density at radius 3 is 2.10 bits per heavy atom. The van der Waals surface area contributed by atoms with Gasteiger partial charge in [0.05, 0.1) is 34.0 Å². The van der Waals surface area contributed by atoms with E-state index in [-0.39, 0.29) is 75.8 Å². The highest BCUT2D eigenvalue weighted by Gasteiger charge is 2.42. The number of rotatable bonds is 32. The first kappa shape index (κ1) is 55.1. The Morgan fingerprint density at radius 1 is 0.838 bits per heavy atom. The molecule has 2 aromatic carbocycles. The number of nitrogens with one attached hydrogen (secondary N) is 9. The van der Waals surface area contributed by atoms with Gasteiger partial charge < -0.3 is 52.5 Å². The van der Waals surface area contributed by atoms with Gasteiger partial charge in [-0.05, 0) is 89.3 Å². The van der Waals surface area contributed by atoms with E-state index in [1.807, 2.05) is 0 Å². The molecule has 27 nitrogen and oxygen atoms in total. The van der Waals surface area contributed by atoms with Crippen molar-refractivity contribution in [2.75, 3.05) is 31.5 Å². The number of ketones is 2. The molecule has 6 atom stereocenters. The van der Waals surface area contributed by atoms with Gasteiger partial charge in [0.2, 0.25) is 17.5 Å². The number of Topliss-reactive ketones (excluding diaryl/α,β-unsaturated/α-hetero) is 2. The van der Waals surface area contributed by atoms with Crippen LogP contribution in [0, 0.1) is 31.0 Å². The van der Waals surface area contributed by atoms with Crippen molar-refractivity contribution < 1.29 is 48.3 Å². The number of unbranched alkanes of at least 4 members (excludes halogenated alkanes) is 1. The molecule has 1 fully saturated rings. The maximum absolute atomic E-state index is 14.4. The summed E-state index contributed by atoms with van der Waals surface area (Å²) < 4.78 is 0. The molecule has 0 aromatic heterocycles. The van der Waals surface area contributed by atoms with Crippen molar-refractivity contribution in [2.24, 2.45) is 17.2 Å². The number of nitrogens with two attached hydrogens (primary N) is 3. The number of non-ortho nitro benzene ring substituents is 1. The Kier molecular flexibility index (Phi) is 23.3. The smallest absolute Gasteiger partial charge is 0.345 e. The van der Waals surface area contributed by atoms with Gasteiger partial charge in [-0.3, -0.25) is 45.4 Å². The maximum atomic E-state index is 14.4. The summed E-state index contributed by atoms with van der Waals surface area (Å²) in [7, 11) is 0. The van der Waals surface area contributed by atoms with Crippen LogP contribution in [-0.4, -0.2) is 125 Å². The minimum absolute atomic E-state index is 0.00969. The standard InChI is InChI=1S/C41H61N15O12/c1-25(38(61)67-53-31(14-8-20-48-41(45)46)39(62)68-52-27(24-57)12-7-19-47-40(43)44)50-51-32(22-26-10-3-2-4-11-26)37(60)54-21-9-15-33(54)36(59)35(58)30(13-5-6-18-42)49-29-17-16-28(55(63)64)23-34(29)56(65)66/h2-4,10-11,16-17,23-25,27,30-33,49-53H,5-9,12-15,18-22,42H2,1H3,(H4,43,44,47)(H4,45,46,48)/t25-,27-,30-,31-,32-,33-/m0/s1. The van der Waals surface area contributed by atoms with Gasteiger partial charge in [0, 0.05) is 25.7 Å². The molecule has 68 heavy (non-hydrogen) atoms. The van der Waals surface area contributed by atoms with Crippen LogP contribution in [0.25, 0.3) is 0 Å². The number of guanidine groups is 2. The van der Waals surface area contributed by atoms with Gasteiger partial charge in [-0.2, -0.15) is 0 Å². The Bertz CT molecular complexity index is 2080. The molecule has 1 amide bonds. The van der Waals surface area contributed by atoms with Crippen LogP contribution in [0.4, 0.5) is 17.1 Å². The zero-order valence-corrected chi connectivity index (χ0v) is 37.5. The molecule has 0 unspecified atom stereocenters. The zero-order chi connectivity index (χ0) is 50.2. The first-order valence-electron chi connectivity index (χ1n) is 21.8. The summed E-state index contributed by atoms with van der Waals surface area (Å²) in [6.45, 7) is 2.22. The molecule has 0 bridgehead atoms. The third-order valence-electron chi connectivity index (χ3n) is 10.5. The summed E-state index contributed by atoms with van der Waals surface area (Å²) in [6, 6.07) is 4.65. The van der Waals surface area contributed by atoms with Gasteiger partial charge in [-0.15, -0.1) is 11.0 Å². The molecule has 15 N–H and O–H groups in total. The van der Waals surface area contributed by atoms with E-state index < -0.39 is 86.9 Å². The number of carbonyl (C=O) groups is 6. The summed E-state index contributed by atoms with van der Waals surface area (Å²) in [5.41, 5.74) is 25.9. The summed E-state index contributed by atoms with van der Waals surface area (Å²) in [5.74, 6) is -4.91. The lowest BCUT2D eigenvalue weighted by atomic mass is 9.96. The minimum Gasteiger partial charge on any atom is -0.370 e. The predicted molar refractivity (Wildman–Crippen MR) is 245 cm³/mol. The first-order valence-corrected chi connectivity index (χ1v) is 21.8. The molecule has 372 valence electrons. The lowest BCUT2D eigenvalue weighted by Crippen LogP contribution is -2.58. The number of nitro benzene ring substituents is 2. The van der Waals surface area contributed by atoms with E-state index in [1.54, 1.807) is 30.3 Å². The van der Waals surface area contributed by atoms with E-state index in [4.69, 9.17) is 37.7 Å². The molecule has 1 saturated heterocycles. The minimum atomic E-state index is -1.30. The van der Waals surface area contributed by atoms with E-state index in [9.17, 15) is 49.0 Å². The number of nitrogens with zero attached hydrogens (tertiary/aromatic N) is 3. The molecule has 0 spiro atoms. The molecule has 0 saturated carbocycles. The molecule has 1 heterocycles. The third kappa shape index (κ3) is 18.2. The van der Waals surface area contributed by atoms with Crippen molar-refractivity contribution in [2.45, 2.75) is 107 Å². The molecular weight excluding hydrogens is 895 g/mol. The number of carbonyl (C=O) groups excluding carboxylic acids is 6. The van der Waals surface area contributed by atoms with Gasteiger partial charge in [-0.1, -0.05) is 30.3 Å². The van der Waals surface area contributed by atoms with Crippen LogP contribution in [0.1, 0.15) is 70.3 Å². The van der Waals surface area contributed by atoms with Gasteiger partial charge in [0.15, 0.2) is 11.9 Å². The van der Waals surface area contributed by atoms with Gasteiger partial charge in [0.25, 0.3) is 11.4 Å². The zero-order valence-electron chi connectivity index (χ0n) is 37.5. The van der Waals surface area contributed by atoms with E-state index in [0.717, 1.165) is 18.2 Å². The second-order valence-corrected chi connectivity index (χ2v) is 15.7. The highest BCUT2D eigenvalue weighted by Crippen LogP contribution is 2.31. The number of aldehydes is 1. The van der Waals surface area contributed by atoms with Crippen molar-refractivity contribution in [1.29, 1.82) is 10.8 Å². The monoisotopic (exact) mass is 955 g/mol. The molecule has 0 aliphatic carbocycles. The molecule has 2 aromatic rings. The lowest BCUT2D eigenvalue weighted by molar-refractivity contribution is -0.393. The first-order chi connectivity index (χ1) is 32.5. The summed E-state index contributed by atoms with van der Waals surface area (Å²) in [4.78, 5) is 114. The van der Waals surface area contributed by atoms with Gasteiger partial charge in [0.1, 0.15) is 30.1 Å². The Labute approximate surface area is 390 Å². The topological polar surface area (TPSA) is 420 Å². The van der Waals surface area contributed by atoms with Crippen LogP contribution >= 0.6 is 0 Å². The summed E-state index contributed by atoms with van der Waals surface area (Å²) in [6.07, 6.45) is 2.76. The van der Waals surface area contributed by atoms with Crippen LogP contribution in [0.15, 0.2) is 48.5 Å². The highest BCUT2D eigenvalue weighted by atomic mass is 16.7. The van der Waals surface area contributed by atoms with Crippen LogP contribution in [-0.2, 0) is 44.9 Å². The van der Waals surface area contributed by atoms with E-state index >= 15 is 0 Å². The average molecular weight is 956 g/mol. The quantitative estimate of drug-likeness (QED) is 0.00812. The molecule has 27 heteroatoms.